The number of hydrogen-bond acceptors (Lipinski definition) is 5. The predicted molar refractivity (Wildman–Crippen MR) is 65.9 cm³/mol. The fraction of sp³-hybridized carbons (Fsp3) is 0.222. The third kappa shape index (κ3) is 2.21. The maximum atomic E-state index is 11.8. The number of imide groups is 1. The Hall–Kier alpha value is -0.660. The van der Waals surface area contributed by atoms with E-state index in [2.05, 4.69) is 15.9 Å². The Morgan fingerprint density at radius 1 is 1.50 bits per heavy atom. The predicted octanol–water partition coefficient (Wildman–Crippen LogP) is 2.39. The Morgan fingerprint density at radius 2 is 2.25 bits per heavy atom. The quantitative estimate of drug-likeness (QED) is 0.803. The summed E-state index contributed by atoms with van der Waals surface area (Å²) >= 11 is 5.47. The van der Waals surface area contributed by atoms with Crippen molar-refractivity contribution in [2.45, 2.75) is 0 Å². The zero-order chi connectivity index (χ0) is 11.7. The topological polar surface area (TPSA) is 54.5 Å². The molecule has 0 bridgehead atoms. The van der Waals surface area contributed by atoms with Crippen LogP contribution in [0.2, 0.25) is 0 Å². The highest BCUT2D eigenvalue weighted by atomic mass is 79.9. The van der Waals surface area contributed by atoms with Crippen LogP contribution in [0.25, 0.3) is 0 Å². The summed E-state index contributed by atoms with van der Waals surface area (Å²) in [5.74, 6) is -0.375. The Kier molecular flexibility index (Phi) is 3.46. The van der Waals surface area contributed by atoms with Crippen molar-refractivity contribution in [2.24, 2.45) is 0 Å². The van der Waals surface area contributed by atoms with Crippen molar-refractivity contribution in [3.8, 4) is 0 Å². The monoisotopic (exact) mass is 319 g/mol. The SMILES string of the molecule is O=C(CN1C(=O)CSC1=O)c1sccc1Br. The van der Waals surface area contributed by atoms with Crippen molar-refractivity contribution in [3.05, 3.63) is 20.8 Å². The largest absolute Gasteiger partial charge is 0.291 e. The molecule has 0 saturated carbocycles. The van der Waals surface area contributed by atoms with Crippen molar-refractivity contribution >= 4 is 56.0 Å². The number of ketones is 1. The molecule has 2 heterocycles. The first-order valence-electron chi connectivity index (χ1n) is 4.33. The number of Topliss-reactive ketones (excluding diaryl/α,β-unsaturated/α-hetero) is 1. The van der Waals surface area contributed by atoms with E-state index in [9.17, 15) is 14.4 Å². The van der Waals surface area contributed by atoms with Crippen LogP contribution >= 0.6 is 39.0 Å². The first kappa shape index (κ1) is 11.8. The highest BCUT2D eigenvalue weighted by Crippen LogP contribution is 2.25. The second-order valence-electron chi connectivity index (χ2n) is 3.06. The van der Waals surface area contributed by atoms with Crippen molar-refractivity contribution < 1.29 is 14.4 Å². The second kappa shape index (κ2) is 4.68. The molecule has 4 nitrogen and oxygen atoms in total. The third-order valence-corrected chi connectivity index (χ3v) is 4.75. The number of nitrogens with zero attached hydrogens (tertiary/aromatic N) is 1. The van der Waals surface area contributed by atoms with E-state index < -0.39 is 0 Å². The maximum Gasteiger partial charge on any atom is 0.289 e. The van der Waals surface area contributed by atoms with Gasteiger partial charge < -0.3 is 0 Å². The molecule has 1 aromatic heterocycles. The number of carbonyl (C=O) groups excluding carboxylic acids is 3. The van der Waals surface area contributed by atoms with Crippen LogP contribution in [0, 0.1) is 0 Å². The average molecular weight is 320 g/mol. The van der Waals surface area contributed by atoms with Crippen LogP contribution in [-0.2, 0) is 4.79 Å². The maximum absolute atomic E-state index is 11.8. The molecular formula is C9H6BrNO3S2. The fourth-order valence-corrected chi connectivity index (χ4v) is 3.49. The van der Waals surface area contributed by atoms with Gasteiger partial charge in [0.05, 0.1) is 17.2 Å². The molecule has 1 saturated heterocycles. The lowest BCUT2D eigenvalue weighted by Gasteiger charge is -2.10. The van der Waals surface area contributed by atoms with Gasteiger partial charge in [-0.15, -0.1) is 11.3 Å². The van der Waals surface area contributed by atoms with Gasteiger partial charge in [0.1, 0.15) is 0 Å². The number of thiophene rings is 1. The van der Waals surface area contributed by atoms with E-state index in [-0.39, 0.29) is 29.2 Å². The zero-order valence-corrected chi connectivity index (χ0v) is 11.2. The Morgan fingerprint density at radius 3 is 2.75 bits per heavy atom. The molecule has 1 aliphatic heterocycles. The van der Waals surface area contributed by atoms with Crippen LogP contribution in [0.1, 0.15) is 9.67 Å². The van der Waals surface area contributed by atoms with Gasteiger partial charge in [0.2, 0.25) is 5.91 Å². The first-order valence-corrected chi connectivity index (χ1v) is 6.98. The number of hydrogen-bond donors (Lipinski definition) is 0. The first-order chi connectivity index (χ1) is 7.59. The summed E-state index contributed by atoms with van der Waals surface area (Å²) in [4.78, 5) is 35.9. The minimum atomic E-state index is -0.342. The minimum Gasteiger partial charge on any atom is -0.291 e. The van der Waals surface area contributed by atoms with Gasteiger partial charge in [0, 0.05) is 4.47 Å². The van der Waals surface area contributed by atoms with E-state index in [0.717, 1.165) is 16.7 Å². The highest BCUT2D eigenvalue weighted by molar-refractivity contribution is 9.10. The fourth-order valence-electron chi connectivity index (χ4n) is 1.24. The highest BCUT2D eigenvalue weighted by Gasteiger charge is 2.32. The molecule has 1 fully saturated rings. The molecule has 0 radical (unpaired) electrons. The smallest absolute Gasteiger partial charge is 0.289 e. The Bertz CT molecular complexity index is 455. The van der Waals surface area contributed by atoms with E-state index in [1.165, 1.54) is 11.3 Å². The lowest BCUT2D eigenvalue weighted by atomic mass is 10.3. The van der Waals surface area contributed by atoms with Gasteiger partial charge in [-0.1, -0.05) is 11.8 Å². The van der Waals surface area contributed by atoms with Crippen molar-refractivity contribution in [2.75, 3.05) is 12.3 Å². The van der Waals surface area contributed by atoms with E-state index in [4.69, 9.17) is 0 Å². The molecule has 1 aliphatic rings. The standard InChI is InChI=1S/C9H6BrNO3S2/c10-5-1-2-15-8(5)6(12)3-11-7(13)4-16-9(11)14/h1-2H,3-4H2. The number of rotatable bonds is 3. The molecule has 0 aliphatic carbocycles. The number of amides is 2. The number of carbonyl (C=O) groups is 3. The molecule has 0 aromatic carbocycles. The molecule has 84 valence electrons. The summed E-state index contributed by atoms with van der Waals surface area (Å²) < 4.78 is 0.703. The second-order valence-corrected chi connectivity index (χ2v) is 5.75. The van der Waals surface area contributed by atoms with Crippen LogP contribution in [0.15, 0.2) is 15.9 Å². The molecular weight excluding hydrogens is 314 g/mol. The van der Waals surface area contributed by atoms with E-state index >= 15 is 0 Å². The summed E-state index contributed by atoms with van der Waals surface area (Å²) in [6, 6.07) is 1.76. The summed E-state index contributed by atoms with van der Waals surface area (Å²) in [5.41, 5.74) is 0. The third-order valence-electron chi connectivity index (χ3n) is 2.01. The van der Waals surface area contributed by atoms with Gasteiger partial charge in [-0.3, -0.25) is 19.3 Å². The van der Waals surface area contributed by atoms with Crippen LogP contribution in [-0.4, -0.2) is 34.1 Å². The van der Waals surface area contributed by atoms with E-state index in [1.54, 1.807) is 11.4 Å². The molecule has 0 N–H and O–H groups in total. The van der Waals surface area contributed by atoms with Crippen LogP contribution in [0.3, 0.4) is 0 Å². The average Bonchev–Trinajstić information content (AvgIpc) is 2.79. The van der Waals surface area contributed by atoms with Crippen molar-refractivity contribution in [1.29, 1.82) is 0 Å². The van der Waals surface area contributed by atoms with Crippen LogP contribution in [0.4, 0.5) is 4.79 Å². The zero-order valence-electron chi connectivity index (χ0n) is 7.94. The van der Waals surface area contributed by atoms with Gasteiger partial charge in [-0.05, 0) is 27.4 Å². The molecule has 2 rings (SSSR count). The molecule has 0 unspecified atom stereocenters. The van der Waals surface area contributed by atoms with Gasteiger partial charge in [0.15, 0.2) is 5.78 Å². The molecule has 0 spiro atoms. The van der Waals surface area contributed by atoms with Gasteiger partial charge in [-0.2, -0.15) is 0 Å². The molecule has 16 heavy (non-hydrogen) atoms. The molecule has 1 aromatic rings. The summed E-state index contributed by atoms with van der Waals surface area (Å²) in [6.45, 7) is -0.163. The van der Waals surface area contributed by atoms with Gasteiger partial charge in [-0.25, -0.2) is 0 Å². The summed E-state index contributed by atoms with van der Waals surface area (Å²) in [7, 11) is 0. The van der Waals surface area contributed by atoms with Gasteiger partial charge >= 0.3 is 0 Å². The van der Waals surface area contributed by atoms with Crippen molar-refractivity contribution in [3.63, 3.8) is 0 Å². The molecule has 2 amide bonds. The van der Waals surface area contributed by atoms with Crippen molar-refractivity contribution in [1.82, 2.24) is 4.90 Å². The van der Waals surface area contributed by atoms with Crippen LogP contribution < -0.4 is 0 Å². The lowest BCUT2D eigenvalue weighted by Crippen LogP contribution is -2.33. The Balaban J connectivity index is 2.11. The van der Waals surface area contributed by atoms with Gasteiger partial charge in [0.25, 0.3) is 5.24 Å². The number of thioether (sulfide) groups is 1. The summed E-state index contributed by atoms with van der Waals surface area (Å²) in [5, 5.41) is 1.44. The van der Waals surface area contributed by atoms with Crippen LogP contribution in [0.5, 0.6) is 0 Å². The molecule has 7 heteroatoms. The van der Waals surface area contributed by atoms with E-state index in [1.807, 2.05) is 0 Å². The summed E-state index contributed by atoms with van der Waals surface area (Å²) in [6.07, 6.45) is 0. The normalized spacial score (nSPS) is 15.9. The number of halogens is 1. The van der Waals surface area contributed by atoms with E-state index in [0.29, 0.717) is 9.35 Å². The lowest BCUT2D eigenvalue weighted by molar-refractivity contribution is -0.124. The Labute approximate surface area is 108 Å². The molecule has 0 atom stereocenters. The minimum absolute atomic E-state index is 0.137.